The maximum absolute atomic E-state index is 11.8. The fourth-order valence-corrected chi connectivity index (χ4v) is 2.09. The third-order valence-corrected chi connectivity index (χ3v) is 3.11. The third kappa shape index (κ3) is 3.92. The van der Waals surface area contributed by atoms with Crippen LogP contribution in [-0.2, 0) is 14.3 Å². The van der Waals surface area contributed by atoms with Gasteiger partial charge in [-0.15, -0.1) is 0 Å². The van der Waals surface area contributed by atoms with E-state index in [2.05, 4.69) is 9.88 Å². The van der Waals surface area contributed by atoms with Crippen molar-refractivity contribution < 1.29 is 24.4 Å². The summed E-state index contributed by atoms with van der Waals surface area (Å²) in [6.45, 7) is 1.88. The van der Waals surface area contributed by atoms with E-state index in [0.29, 0.717) is 13.1 Å². The van der Waals surface area contributed by atoms with Crippen LogP contribution in [0, 0.1) is 0 Å². The lowest BCUT2D eigenvalue weighted by Crippen LogP contribution is -2.51. The van der Waals surface area contributed by atoms with Crippen molar-refractivity contribution in [2.75, 3.05) is 44.3 Å². The Morgan fingerprint density at radius 2 is 1.95 bits per heavy atom. The zero-order chi connectivity index (χ0) is 14.4. The number of H-pyrrole nitrogens is 1. The van der Waals surface area contributed by atoms with E-state index in [9.17, 15) is 14.7 Å². The van der Waals surface area contributed by atoms with Gasteiger partial charge in [-0.2, -0.15) is 0 Å². The lowest BCUT2D eigenvalue weighted by molar-refractivity contribution is -0.364. The first-order valence-corrected chi connectivity index (χ1v) is 6.44. The molecule has 0 atom stereocenters. The number of rotatable bonds is 5. The fraction of sp³-hybridized carbons (Fsp3) is 0.462. The van der Waals surface area contributed by atoms with Crippen LogP contribution in [0.4, 0.5) is 5.82 Å². The number of nitrogens with zero attached hydrogens (tertiary/aromatic N) is 2. The van der Waals surface area contributed by atoms with Gasteiger partial charge in [-0.3, -0.25) is 9.69 Å². The molecule has 1 aromatic heterocycles. The van der Waals surface area contributed by atoms with E-state index in [1.807, 2.05) is 24.4 Å². The van der Waals surface area contributed by atoms with Gasteiger partial charge in [0.05, 0.1) is 31.9 Å². The molecule has 0 saturated carbocycles. The minimum absolute atomic E-state index is 0.192. The molecule has 20 heavy (non-hydrogen) atoms. The van der Waals surface area contributed by atoms with Crippen molar-refractivity contribution in [2.45, 2.75) is 0 Å². The zero-order valence-electron chi connectivity index (χ0n) is 11.1. The van der Waals surface area contributed by atoms with Crippen LogP contribution in [0.2, 0.25) is 0 Å². The Labute approximate surface area is 116 Å². The van der Waals surface area contributed by atoms with Gasteiger partial charge in [-0.1, -0.05) is 6.07 Å². The van der Waals surface area contributed by atoms with Gasteiger partial charge in [0.2, 0.25) is 5.91 Å². The van der Waals surface area contributed by atoms with E-state index in [4.69, 9.17) is 4.74 Å². The highest BCUT2D eigenvalue weighted by Gasteiger charge is 2.25. The van der Waals surface area contributed by atoms with Crippen LogP contribution < -0.4 is 15.0 Å². The van der Waals surface area contributed by atoms with Gasteiger partial charge in [0.1, 0.15) is 19.7 Å². The standard InChI is InChI=1S/C13H17N3O4/c17-12(9-20-10-13(18)19)16-7-5-15(6-8-16)11-3-1-2-4-14-11/h1-4H,5-10H2,(H,18,19). The monoisotopic (exact) mass is 279 g/mol. The molecule has 7 heteroatoms. The number of hydrogen-bond acceptors (Lipinski definition) is 5. The highest BCUT2D eigenvalue weighted by atomic mass is 16.5. The normalized spacial score (nSPS) is 15.2. The Morgan fingerprint density at radius 3 is 2.55 bits per heavy atom. The number of carboxylic acid groups (broad SMARTS) is 1. The van der Waals surface area contributed by atoms with Crippen LogP contribution in [-0.4, -0.2) is 56.2 Å². The molecule has 0 unspecified atom stereocenters. The van der Waals surface area contributed by atoms with Gasteiger partial charge < -0.3 is 19.5 Å². The molecule has 1 fully saturated rings. The number of carboxylic acids is 1. The molecule has 2 heterocycles. The van der Waals surface area contributed by atoms with Gasteiger partial charge in [0, 0.05) is 6.07 Å². The molecule has 0 aliphatic carbocycles. The number of ether oxygens (including phenoxy) is 1. The van der Waals surface area contributed by atoms with Gasteiger partial charge in [-0.25, -0.2) is 4.98 Å². The first kappa shape index (κ1) is 14.3. The maximum atomic E-state index is 11.8. The number of aromatic nitrogens is 1. The molecule has 0 radical (unpaired) electrons. The predicted molar refractivity (Wildman–Crippen MR) is 67.6 cm³/mol. The van der Waals surface area contributed by atoms with E-state index in [1.165, 1.54) is 0 Å². The minimum atomic E-state index is -1.32. The Hall–Kier alpha value is -2.15. The topological polar surface area (TPSA) is 87.0 Å². The second-order valence-electron chi connectivity index (χ2n) is 4.48. The molecule has 1 amide bonds. The van der Waals surface area contributed by atoms with Crippen molar-refractivity contribution in [1.82, 2.24) is 4.90 Å². The number of nitrogens with one attached hydrogen (secondary N) is 1. The van der Waals surface area contributed by atoms with Crippen LogP contribution in [0.1, 0.15) is 0 Å². The summed E-state index contributed by atoms with van der Waals surface area (Å²) in [5.74, 6) is -0.488. The van der Waals surface area contributed by atoms with E-state index in [1.54, 1.807) is 4.90 Å². The first-order valence-electron chi connectivity index (χ1n) is 6.44. The molecule has 2 rings (SSSR count). The van der Waals surface area contributed by atoms with Crippen molar-refractivity contribution in [3.8, 4) is 0 Å². The molecule has 0 spiro atoms. The number of aliphatic carboxylic acids is 1. The Morgan fingerprint density at radius 1 is 1.20 bits per heavy atom. The lowest BCUT2D eigenvalue weighted by atomic mass is 10.3. The first-order chi connectivity index (χ1) is 9.66. The van der Waals surface area contributed by atoms with Gasteiger partial charge >= 0.3 is 0 Å². The summed E-state index contributed by atoms with van der Waals surface area (Å²) in [6.07, 6.45) is 1.86. The lowest BCUT2D eigenvalue weighted by Gasteiger charge is -2.30. The zero-order valence-corrected chi connectivity index (χ0v) is 11.1. The van der Waals surface area contributed by atoms with Gasteiger partial charge in [0.25, 0.3) is 5.82 Å². The molecular weight excluding hydrogens is 262 g/mol. The number of carbonyl (C=O) groups excluding carboxylic acids is 2. The molecular formula is C13H17N3O4. The van der Waals surface area contributed by atoms with E-state index in [-0.39, 0.29) is 12.5 Å². The summed E-state index contributed by atoms with van der Waals surface area (Å²) in [4.78, 5) is 29.0. The van der Waals surface area contributed by atoms with E-state index in [0.717, 1.165) is 18.9 Å². The molecule has 7 nitrogen and oxygen atoms in total. The van der Waals surface area contributed by atoms with Crippen LogP contribution >= 0.6 is 0 Å². The van der Waals surface area contributed by atoms with E-state index >= 15 is 0 Å². The molecule has 108 valence electrons. The minimum Gasteiger partial charge on any atom is -0.548 e. The number of anilines is 1. The Balaban J connectivity index is 1.76. The van der Waals surface area contributed by atoms with Crippen LogP contribution in [0.3, 0.4) is 0 Å². The van der Waals surface area contributed by atoms with Crippen molar-refractivity contribution in [3.63, 3.8) is 0 Å². The Bertz CT molecular complexity index is 458. The fourth-order valence-electron chi connectivity index (χ4n) is 2.09. The summed E-state index contributed by atoms with van der Waals surface area (Å²) in [7, 11) is 0. The van der Waals surface area contributed by atoms with Crippen LogP contribution in [0.25, 0.3) is 0 Å². The number of amides is 1. The highest BCUT2D eigenvalue weighted by Crippen LogP contribution is 2.09. The van der Waals surface area contributed by atoms with Crippen LogP contribution in [0.15, 0.2) is 24.4 Å². The van der Waals surface area contributed by atoms with Gasteiger partial charge in [-0.05, 0) is 6.07 Å². The van der Waals surface area contributed by atoms with Crippen LogP contribution in [0.5, 0.6) is 0 Å². The average molecular weight is 279 g/mol. The van der Waals surface area contributed by atoms with Gasteiger partial charge in [0.15, 0.2) is 0 Å². The summed E-state index contributed by atoms with van der Waals surface area (Å²) in [5, 5.41) is 10.2. The summed E-state index contributed by atoms with van der Waals surface area (Å²) in [5.41, 5.74) is 0. The van der Waals surface area contributed by atoms with Crippen molar-refractivity contribution >= 4 is 17.7 Å². The average Bonchev–Trinajstić information content (AvgIpc) is 2.48. The largest absolute Gasteiger partial charge is 0.548 e. The second-order valence-corrected chi connectivity index (χ2v) is 4.48. The number of hydrogen-bond donors (Lipinski definition) is 0. The second kappa shape index (κ2) is 6.85. The summed E-state index contributed by atoms with van der Waals surface area (Å²) in [6, 6.07) is 5.86. The number of pyridine rings is 1. The highest BCUT2D eigenvalue weighted by molar-refractivity contribution is 5.78. The molecule has 0 aromatic carbocycles. The third-order valence-electron chi connectivity index (χ3n) is 3.11. The number of aromatic amines is 1. The van der Waals surface area contributed by atoms with Crippen molar-refractivity contribution in [1.29, 1.82) is 0 Å². The number of carbonyl (C=O) groups is 2. The van der Waals surface area contributed by atoms with E-state index < -0.39 is 12.6 Å². The Kier molecular flexibility index (Phi) is 4.89. The molecule has 1 aliphatic heterocycles. The SMILES string of the molecule is O=C([O-])COCC(=O)N1CCN(c2cccc[nH+]2)CC1. The van der Waals surface area contributed by atoms with Crippen molar-refractivity contribution in [2.24, 2.45) is 0 Å². The molecule has 1 aliphatic rings. The van der Waals surface area contributed by atoms with Crippen molar-refractivity contribution in [3.05, 3.63) is 24.4 Å². The summed E-state index contributed by atoms with van der Waals surface area (Å²) >= 11 is 0. The quantitative estimate of drug-likeness (QED) is 0.617. The maximum Gasteiger partial charge on any atom is 0.274 e. The predicted octanol–water partition coefficient (Wildman–Crippen LogP) is -2.08. The summed E-state index contributed by atoms with van der Waals surface area (Å²) < 4.78 is 4.75. The molecule has 1 saturated heterocycles. The number of piperazine rings is 1. The molecule has 1 N–H and O–H groups in total. The smallest absolute Gasteiger partial charge is 0.274 e. The molecule has 0 bridgehead atoms. The molecule has 1 aromatic rings.